The molecule has 16 heteroatoms. The van der Waals surface area contributed by atoms with Gasteiger partial charge < -0.3 is 43.0 Å². The van der Waals surface area contributed by atoms with Gasteiger partial charge in [-0.3, -0.25) is 33.6 Å². The summed E-state index contributed by atoms with van der Waals surface area (Å²) in [5, 5.41) is 13.0. The largest absolute Gasteiger partial charge is 0.461 e. The molecule has 54 heavy (non-hydrogen) atoms. The maximum Gasteiger partial charge on any atom is 0.312 e. The van der Waals surface area contributed by atoms with Crippen LogP contribution in [0.5, 0.6) is 0 Å². The first-order valence-corrected chi connectivity index (χ1v) is 18.1. The molecular formula is C38H52O16. The molecule has 2 saturated heterocycles. The van der Waals surface area contributed by atoms with Crippen molar-refractivity contribution in [2.24, 2.45) is 29.1 Å². The van der Waals surface area contributed by atoms with E-state index in [1.54, 1.807) is 13.8 Å². The Morgan fingerprint density at radius 1 is 0.815 bits per heavy atom. The lowest BCUT2D eigenvalue weighted by Gasteiger charge is -2.59. The molecule has 300 valence electrons. The minimum Gasteiger partial charge on any atom is -0.461 e. The Bertz CT molecular complexity index is 1570. The molecular weight excluding hydrogens is 712 g/mol. The minimum atomic E-state index is -2.44. The van der Waals surface area contributed by atoms with Gasteiger partial charge in [0.1, 0.15) is 24.4 Å². The number of carbonyl (C=O) groups is 7. The van der Waals surface area contributed by atoms with E-state index in [0.29, 0.717) is 0 Å². The molecule has 2 aliphatic heterocycles. The Morgan fingerprint density at radius 2 is 1.35 bits per heavy atom. The average molecular weight is 765 g/mol. The summed E-state index contributed by atoms with van der Waals surface area (Å²) in [6, 6.07) is 0. The maximum absolute atomic E-state index is 13.7. The third-order valence-corrected chi connectivity index (χ3v) is 10.3. The lowest BCUT2D eigenvalue weighted by atomic mass is 9.51. The van der Waals surface area contributed by atoms with Crippen LogP contribution in [0.4, 0.5) is 0 Å². The first kappa shape index (κ1) is 42.4. The van der Waals surface area contributed by atoms with E-state index in [0.717, 1.165) is 27.7 Å². The van der Waals surface area contributed by atoms with Gasteiger partial charge in [0.15, 0.2) is 30.0 Å². The molecule has 0 bridgehead atoms. The standard InChI is InChI=1S/C38H52O16/c1-18(2)13-28(43)47-16-25-11-12-26(49-21(6)39)36(10)31(34(52-24(9)42)38(46)20(5)35(45)53-27(38)15-25)37(17-48-37)33(51-23(8)41)30(50-22(7)40)32(36)54-29(44)14-19(3)4/h11-12,15,18-20,26-27,30-34,46H,13-14,16-17H2,1-10H3. The number of hydrogen-bond donors (Lipinski definition) is 1. The summed E-state index contributed by atoms with van der Waals surface area (Å²) in [5.74, 6) is -8.70. The van der Waals surface area contributed by atoms with Crippen molar-refractivity contribution in [3.63, 3.8) is 0 Å². The molecule has 3 fully saturated rings. The Balaban J connectivity index is 2.12. The third-order valence-electron chi connectivity index (χ3n) is 10.3. The van der Waals surface area contributed by atoms with E-state index in [-0.39, 0.29) is 43.5 Å². The molecule has 0 aromatic heterocycles. The number of ether oxygens (including phenoxy) is 8. The number of esters is 7. The predicted octanol–water partition coefficient (Wildman–Crippen LogP) is 2.45. The van der Waals surface area contributed by atoms with Gasteiger partial charge in [0.05, 0.1) is 17.9 Å². The van der Waals surface area contributed by atoms with E-state index in [4.69, 9.17) is 37.9 Å². The molecule has 0 amide bonds. The highest BCUT2D eigenvalue weighted by Gasteiger charge is 2.81. The molecule has 11 unspecified atom stereocenters. The number of hydrogen-bond acceptors (Lipinski definition) is 16. The van der Waals surface area contributed by atoms with Crippen molar-refractivity contribution in [3.8, 4) is 0 Å². The van der Waals surface area contributed by atoms with Crippen LogP contribution in [0.1, 0.15) is 82.1 Å². The molecule has 0 aromatic rings. The molecule has 11 atom stereocenters. The van der Waals surface area contributed by atoms with Crippen LogP contribution in [-0.2, 0) is 71.5 Å². The van der Waals surface area contributed by atoms with Gasteiger partial charge >= 0.3 is 41.8 Å². The monoisotopic (exact) mass is 764 g/mol. The van der Waals surface area contributed by atoms with Crippen molar-refractivity contribution in [2.75, 3.05) is 13.2 Å². The van der Waals surface area contributed by atoms with E-state index < -0.39 is 107 Å². The summed E-state index contributed by atoms with van der Waals surface area (Å²) in [4.78, 5) is 91.4. The molecule has 0 aromatic carbocycles. The van der Waals surface area contributed by atoms with E-state index >= 15 is 0 Å². The fourth-order valence-corrected chi connectivity index (χ4v) is 8.00. The number of rotatable bonds is 11. The second-order valence-electron chi connectivity index (χ2n) is 15.6. The van der Waals surface area contributed by atoms with E-state index in [2.05, 4.69) is 0 Å². The van der Waals surface area contributed by atoms with Crippen LogP contribution >= 0.6 is 0 Å². The molecule has 1 spiro atoms. The zero-order valence-electron chi connectivity index (χ0n) is 32.4. The number of epoxide rings is 1. The van der Waals surface area contributed by atoms with Gasteiger partial charge in [-0.25, -0.2) is 0 Å². The normalized spacial score (nSPS) is 35.5. The topological polar surface area (TPSA) is 217 Å². The summed E-state index contributed by atoms with van der Waals surface area (Å²) in [6.07, 6.45) is -5.46. The van der Waals surface area contributed by atoms with Crippen LogP contribution in [0.2, 0.25) is 0 Å². The van der Waals surface area contributed by atoms with E-state index in [9.17, 15) is 38.7 Å². The van der Waals surface area contributed by atoms with Crippen molar-refractivity contribution in [3.05, 3.63) is 23.8 Å². The third kappa shape index (κ3) is 8.49. The zero-order chi connectivity index (χ0) is 40.5. The molecule has 0 radical (unpaired) electrons. The minimum absolute atomic E-state index is 0.0258. The SMILES string of the molecule is CC(=O)OC1C(OC(C)=O)C2(CO2)C2C(OC(C)=O)C3(O)C(C=C(COC(=O)CC(C)C)C=CC(OC(C)=O)C2(C)C1OC(=O)CC(C)C)OC(=O)C3C. The summed E-state index contributed by atoms with van der Waals surface area (Å²) in [7, 11) is 0. The summed E-state index contributed by atoms with van der Waals surface area (Å²) in [6.45, 7) is 13.9. The highest BCUT2D eigenvalue weighted by molar-refractivity contribution is 5.78. The zero-order valence-corrected chi connectivity index (χ0v) is 32.4. The summed E-state index contributed by atoms with van der Waals surface area (Å²) >= 11 is 0. The van der Waals surface area contributed by atoms with Crippen LogP contribution in [-0.4, -0.2) is 108 Å². The van der Waals surface area contributed by atoms with E-state index in [1.807, 2.05) is 13.8 Å². The Labute approximate surface area is 314 Å². The van der Waals surface area contributed by atoms with Crippen LogP contribution in [0.15, 0.2) is 23.8 Å². The second-order valence-corrected chi connectivity index (χ2v) is 15.6. The predicted molar refractivity (Wildman–Crippen MR) is 183 cm³/mol. The Kier molecular flexibility index (Phi) is 12.7. The lowest BCUT2D eigenvalue weighted by molar-refractivity contribution is -0.279. The van der Waals surface area contributed by atoms with Crippen LogP contribution in [0.3, 0.4) is 0 Å². The molecule has 2 heterocycles. The second kappa shape index (κ2) is 16.2. The van der Waals surface area contributed by atoms with Gasteiger partial charge in [0.25, 0.3) is 0 Å². The first-order chi connectivity index (χ1) is 25.1. The van der Waals surface area contributed by atoms with Gasteiger partial charge in [-0.2, -0.15) is 0 Å². The summed E-state index contributed by atoms with van der Waals surface area (Å²) < 4.78 is 47.2. The van der Waals surface area contributed by atoms with Crippen molar-refractivity contribution in [2.45, 2.75) is 130 Å². The van der Waals surface area contributed by atoms with Crippen molar-refractivity contribution in [1.29, 1.82) is 0 Å². The van der Waals surface area contributed by atoms with Gasteiger partial charge in [0, 0.05) is 46.5 Å². The maximum atomic E-state index is 13.7. The number of fused-ring (bicyclic) bond motifs is 3. The highest BCUT2D eigenvalue weighted by atomic mass is 16.7. The highest BCUT2D eigenvalue weighted by Crippen LogP contribution is 2.63. The van der Waals surface area contributed by atoms with Crippen molar-refractivity contribution < 1.29 is 76.6 Å². The van der Waals surface area contributed by atoms with Crippen LogP contribution < -0.4 is 0 Å². The molecule has 4 aliphatic rings. The lowest BCUT2D eigenvalue weighted by Crippen LogP contribution is -2.76. The first-order valence-electron chi connectivity index (χ1n) is 18.1. The molecule has 4 rings (SSSR count). The molecule has 16 nitrogen and oxygen atoms in total. The molecule has 2 aliphatic carbocycles. The van der Waals surface area contributed by atoms with Gasteiger partial charge in [-0.1, -0.05) is 40.7 Å². The van der Waals surface area contributed by atoms with E-state index in [1.165, 1.54) is 32.1 Å². The fourth-order valence-electron chi connectivity index (χ4n) is 8.00. The van der Waals surface area contributed by atoms with Gasteiger partial charge in [-0.15, -0.1) is 0 Å². The Hall–Kier alpha value is -4.31. The van der Waals surface area contributed by atoms with Gasteiger partial charge in [0.2, 0.25) is 0 Å². The van der Waals surface area contributed by atoms with Crippen molar-refractivity contribution >= 4 is 41.8 Å². The quantitative estimate of drug-likeness (QED) is 0.182. The van der Waals surface area contributed by atoms with Crippen molar-refractivity contribution in [1.82, 2.24) is 0 Å². The number of carbonyl (C=O) groups excluding carboxylic acids is 7. The number of aliphatic hydroxyl groups is 1. The van der Waals surface area contributed by atoms with Crippen LogP contribution in [0, 0.1) is 29.1 Å². The fraction of sp³-hybridized carbons (Fsp3) is 0.711. The van der Waals surface area contributed by atoms with Crippen LogP contribution in [0.25, 0.3) is 0 Å². The summed E-state index contributed by atoms with van der Waals surface area (Å²) in [5.41, 5.74) is -5.91. The Morgan fingerprint density at radius 3 is 1.87 bits per heavy atom. The molecule has 1 N–H and O–H groups in total. The smallest absolute Gasteiger partial charge is 0.312 e. The molecule has 1 saturated carbocycles. The average Bonchev–Trinajstić information content (AvgIpc) is 3.78. The van der Waals surface area contributed by atoms with Gasteiger partial charge in [-0.05, 0) is 36.5 Å².